The maximum absolute atomic E-state index is 12.4. The number of ether oxygens (including phenoxy) is 2. The number of nitrogens with one attached hydrogen (secondary N) is 1. The van der Waals surface area contributed by atoms with Gasteiger partial charge in [0.1, 0.15) is 0 Å². The van der Waals surface area contributed by atoms with E-state index in [0.29, 0.717) is 17.1 Å². The van der Waals surface area contributed by atoms with Crippen molar-refractivity contribution in [3.05, 3.63) is 59.7 Å². The molecule has 0 aliphatic heterocycles. The molecule has 2 aromatic carbocycles. The van der Waals surface area contributed by atoms with E-state index in [4.69, 9.17) is 15.2 Å². The number of carbonyl (C=O) groups excluding carboxylic acids is 2. The molecule has 0 saturated carbocycles. The first-order valence-corrected chi connectivity index (χ1v) is 7.46. The first-order chi connectivity index (χ1) is 11.5. The molecule has 0 heterocycles. The minimum atomic E-state index is -0.587. The summed E-state index contributed by atoms with van der Waals surface area (Å²) < 4.78 is 10.4. The zero-order valence-electron chi connectivity index (χ0n) is 13.6. The smallest absolute Gasteiger partial charge is 0.255 e. The van der Waals surface area contributed by atoms with Crippen molar-refractivity contribution in [2.75, 3.05) is 13.7 Å². The standard InChI is InChI=1S/C18H20N2O4/c1-12(13-6-4-3-5-7-13)20-18(22)14-8-9-15(16(10-14)23-2)24-11-17(19)21/h3-10,12H,11H2,1-2H3,(H2,19,21)(H,20,22)/t12-/m0/s1. The number of amides is 2. The summed E-state index contributed by atoms with van der Waals surface area (Å²) >= 11 is 0. The van der Waals surface area contributed by atoms with Crippen LogP contribution < -0.4 is 20.5 Å². The van der Waals surface area contributed by atoms with Gasteiger partial charge in [0.25, 0.3) is 11.8 Å². The number of nitrogens with two attached hydrogens (primary N) is 1. The zero-order chi connectivity index (χ0) is 17.5. The Morgan fingerprint density at radius 2 is 1.83 bits per heavy atom. The Bertz CT molecular complexity index is 716. The lowest BCUT2D eigenvalue weighted by Gasteiger charge is -2.15. The highest BCUT2D eigenvalue weighted by Crippen LogP contribution is 2.28. The molecule has 3 N–H and O–H groups in total. The summed E-state index contributed by atoms with van der Waals surface area (Å²) in [6.07, 6.45) is 0. The number of carbonyl (C=O) groups is 2. The topological polar surface area (TPSA) is 90.7 Å². The SMILES string of the molecule is COc1cc(C(=O)N[C@@H](C)c2ccccc2)ccc1OCC(N)=O. The highest BCUT2D eigenvalue weighted by Gasteiger charge is 2.14. The second-order valence-electron chi connectivity index (χ2n) is 5.23. The van der Waals surface area contributed by atoms with E-state index in [0.717, 1.165) is 5.56 Å². The number of methoxy groups -OCH3 is 1. The van der Waals surface area contributed by atoms with Gasteiger partial charge < -0.3 is 20.5 Å². The van der Waals surface area contributed by atoms with Crippen molar-refractivity contribution in [2.45, 2.75) is 13.0 Å². The van der Waals surface area contributed by atoms with Crippen LogP contribution in [0.25, 0.3) is 0 Å². The summed E-state index contributed by atoms with van der Waals surface area (Å²) in [6, 6.07) is 14.3. The number of hydrogen-bond acceptors (Lipinski definition) is 4. The molecule has 2 amide bonds. The largest absolute Gasteiger partial charge is 0.493 e. The molecule has 6 heteroatoms. The van der Waals surface area contributed by atoms with E-state index in [-0.39, 0.29) is 18.6 Å². The van der Waals surface area contributed by atoms with Crippen LogP contribution in [-0.4, -0.2) is 25.5 Å². The molecular weight excluding hydrogens is 308 g/mol. The molecule has 1 atom stereocenters. The molecule has 6 nitrogen and oxygen atoms in total. The van der Waals surface area contributed by atoms with Crippen molar-refractivity contribution in [3.8, 4) is 11.5 Å². The van der Waals surface area contributed by atoms with Crippen LogP contribution in [0.2, 0.25) is 0 Å². The van der Waals surface area contributed by atoms with Gasteiger partial charge in [0.15, 0.2) is 18.1 Å². The van der Waals surface area contributed by atoms with E-state index >= 15 is 0 Å². The van der Waals surface area contributed by atoms with Crippen LogP contribution in [0, 0.1) is 0 Å². The second-order valence-corrected chi connectivity index (χ2v) is 5.23. The molecule has 2 aromatic rings. The number of primary amides is 1. The summed E-state index contributed by atoms with van der Waals surface area (Å²) in [4.78, 5) is 23.2. The van der Waals surface area contributed by atoms with E-state index in [1.807, 2.05) is 37.3 Å². The predicted octanol–water partition coefficient (Wildman–Crippen LogP) is 2.05. The first-order valence-electron chi connectivity index (χ1n) is 7.46. The molecule has 0 unspecified atom stereocenters. The Hall–Kier alpha value is -3.02. The van der Waals surface area contributed by atoms with Crippen LogP contribution >= 0.6 is 0 Å². The Labute approximate surface area is 140 Å². The fourth-order valence-corrected chi connectivity index (χ4v) is 2.18. The highest BCUT2D eigenvalue weighted by molar-refractivity contribution is 5.95. The van der Waals surface area contributed by atoms with Gasteiger partial charge in [-0.05, 0) is 30.7 Å². The molecule has 24 heavy (non-hydrogen) atoms. The Kier molecular flexibility index (Phi) is 5.78. The maximum Gasteiger partial charge on any atom is 0.255 e. The molecule has 0 aliphatic rings. The van der Waals surface area contributed by atoms with Crippen LogP contribution in [0.1, 0.15) is 28.9 Å². The van der Waals surface area contributed by atoms with Crippen LogP contribution in [0.3, 0.4) is 0 Å². The van der Waals surface area contributed by atoms with Crippen LogP contribution in [0.4, 0.5) is 0 Å². The van der Waals surface area contributed by atoms with Gasteiger partial charge in [-0.2, -0.15) is 0 Å². The summed E-state index contributed by atoms with van der Waals surface area (Å²) in [7, 11) is 1.46. The van der Waals surface area contributed by atoms with Crippen molar-refractivity contribution in [3.63, 3.8) is 0 Å². The van der Waals surface area contributed by atoms with Crippen LogP contribution in [0.5, 0.6) is 11.5 Å². The maximum atomic E-state index is 12.4. The minimum Gasteiger partial charge on any atom is -0.493 e. The fourth-order valence-electron chi connectivity index (χ4n) is 2.18. The first kappa shape index (κ1) is 17.3. The lowest BCUT2D eigenvalue weighted by Crippen LogP contribution is -2.26. The van der Waals surface area contributed by atoms with Crippen molar-refractivity contribution in [1.82, 2.24) is 5.32 Å². The van der Waals surface area contributed by atoms with Gasteiger partial charge in [-0.15, -0.1) is 0 Å². The highest BCUT2D eigenvalue weighted by atomic mass is 16.5. The Morgan fingerprint density at radius 3 is 2.46 bits per heavy atom. The molecule has 0 spiro atoms. The molecule has 0 radical (unpaired) electrons. The third-order valence-corrected chi connectivity index (χ3v) is 3.44. The van der Waals surface area contributed by atoms with Crippen molar-refractivity contribution < 1.29 is 19.1 Å². The summed E-state index contributed by atoms with van der Waals surface area (Å²) in [5.74, 6) is -0.109. The molecule has 0 fully saturated rings. The van der Waals surface area contributed by atoms with Gasteiger partial charge >= 0.3 is 0 Å². The molecular formula is C18H20N2O4. The Morgan fingerprint density at radius 1 is 1.12 bits per heavy atom. The minimum absolute atomic E-state index is 0.129. The van der Waals surface area contributed by atoms with E-state index < -0.39 is 5.91 Å². The molecule has 0 bridgehead atoms. The van der Waals surface area contributed by atoms with Gasteiger partial charge in [-0.3, -0.25) is 9.59 Å². The third-order valence-electron chi connectivity index (χ3n) is 3.44. The van der Waals surface area contributed by atoms with Crippen LogP contribution in [0.15, 0.2) is 48.5 Å². The van der Waals surface area contributed by atoms with E-state index in [1.54, 1.807) is 18.2 Å². The lowest BCUT2D eigenvalue weighted by molar-refractivity contribution is -0.119. The second kappa shape index (κ2) is 8.01. The van der Waals surface area contributed by atoms with Gasteiger partial charge in [0, 0.05) is 5.56 Å². The number of benzene rings is 2. The molecule has 0 aromatic heterocycles. The average molecular weight is 328 g/mol. The molecule has 0 aliphatic carbocycles. The van der Waals surface area contributed by atoms with Gasteiger partial charge in [0.05, 0.1) is 13.2 Å². The summed E-state index contributed by atoms with van der Waals surface area (Å²) in [5, 5.41) is 2.92. The fraction of sp³-hybridized carbons (Fsp3) is 0.222. The van der Waals surface area contributed by atoms with Gasteiger partial charge in [0.2, 0.25) is 0 Å². The lowest BCUT2D eigenvalue weighted by atomic mass is 10.1. The third kappa shape index (κ3) is 4.49. The molecule has 2 rings (SSSR count). The predicted molar refractivity (Wildman–Crippen MR) is 90.0 cm³/mol. The normalized spacial score (nSPS) is 11.4. The van der Waals surface area contributed by atoms with Crippen molar-refractivity contribution in [2.24, 2.45) is 5.73 Å². The van der Waals surface area contributed by atoms with Gasteiger partial charge in [-0.25, -0.2) is 0 Å². The number of rotatable bonds is 7. The van der Waals surface area contributed by atoms with E-state index in [1.165, 1.54) is 7.11 Å². The monoisotopic (exact) mass is 328 g/mol. The quantitative estimate of drug-likeness (QED) is 0.814. The van der Waals surface area contributed by atoms with E-state index in [9.17, 15) is 9.59 Å². The molecule has 0 saturated heterocycles. The zero-order valence-corrected chi connectivity index (χ0v) is 13.6. The van der Waals surface area contributed by atoms with E-state index in [2.05, 4.69) is 5.32 Å². The van der Waals surface area contributed by atoms with Crippen molar-refractivity contribution in [1.29, 1.82) is 0 Å². The van der Waals surface area contributed by atoms with Crippen molar-refractivity contribution >= 4 is 11.8 Å². The average Bonchev–Trinajstić information content (AvgIpc) is 2.60. The summed E-state index contributed by atoms with van der Waals surface area (Å²) in [6.45, 7) is 1.65. The number of hydrogen-bond donors (Lipinski definition) is 2. The van der Waals surface area contributed by atoms with Crippen LogP contribution in [-0.2, 0) is 4.79 Å². The Balaban J connectivity index is 2.10. The molecule has 126 valence electrons. The summed E-state index contributed by atoms with van der Waals surface area (Å²) in [5.41, 5.74) is 6.50. The van der Waals surface area contributed by atoms with Gasteiger partial charge in [-0.1, -0.05) is 30.3 Å².